The number of nitriles is 1. The smallest absolute Gasteiger partial charge is 0.275 e. The molecule has 2 N–H and O–H groups in total. The van der Waals surface area contributed by atoms with Crippen LogP contribution >= 0.6 is 11.6 Å². The van der Waals surface area contributed by atoms with Gasteiger partial charge in [0.05, 0.1) is 22.6 Å². The first-order chi connectivity index (χ1) is 19.7. The Morgan fingerprint density at radius 3 is 2.63 bits per heavy atom. The van der Waals surface area contributed by atoms with Crippen LogP contribution in [0.25, 0.3) is 27.7 Å². The monoisotopic (exact) mass is 566 g/mol. The van der Waals surface area contributed by atoms with Crippen LogP contribution in [0.15, 0.2) is 72.3 Å². The van der Waals surface area contributed by atoms with Crippen LogP contribution in [0, 0.1) is 11.3 Å². The van der Waals surface area contributed by atoms with Crippen LogP contribution in [-0.4, -0.2) is 46.0 Å². The highest BCUT2D eigenvalue weighted by Crippen LogP contribution is 2.39. The van der Waals surface area contributed by atoms with Crippen molar-refractivity contribution in [1.29, 1.82) is 5.26 Å². The maximum atomic E-state index is 14.3. The number of hydrogen-bond acceptors (Lipinski definition) is 6. The molecule has 208 valence electrons. The molecule has 1 fully saturated rings. The summed E-state index contributed by atoms with van der Waals surface area (Å²) in [6, 6.07) is 15.2. The number of nitrogens with two attached hydrogens (primary N) is 1. The summed E-state index contributed by atoms with van der Waals surface area (Å²) in [5, 5.41) is 11.5. The molecule has 2 aromatic heterocycles. The number of nitrogens with zero attached hydrogens (tertiary/aromatic N) is 5. The molecule has 0 bridgehead atoms. The van der Waals surface area contributed by atoms with Gasteiger partial charge in [-0.2, -0.15) is 5.26 Å². The summed E-state index contributed by atoms with van der Waals surface area (Å²) < 4.78 is 1.62. The highest BCUT2D eigenvalue weighted by molar-refractivity contribution is 6.34. The molecular formula is C32H31ClN6O2. The molecule has 1 aliphatic heterocycles. The van der Waals surface area contributed by atoms with E-state index >= 15 is 0 Å². The third kappa shape index (κ3) is 4.94. The molecule has 1 saturated heterocycles. The zero-order chi connectivity index (χ0) is 29.4. The molecule has 1 aliphatic rings. The van der Waals surface area contributed by atoms with Crippen LogP contribution < -0.4 is 16.2 Å². The Labute approximate surface area is 243 Å². The van der Waals surface area contributed by atoms with Gasteiger partial charge in [-0.3, -0.25) is 19.1 Å². The number of hydrogen-bond donors (Lipinski definition) is 1. The van der Waals surface area contributed by atoms with Gasteiger partial charge in [-0.25, -0.2) is 0 Å². The number of piperazine rings is 1. The molecule has 0 saturated carbocycles. The van der Waals surface area contributed by atoms with Gasteiger partial charge in [-0.15, -0.1) is 0 Å². The summed E-state index contributed by atoms with van der Waals surface area (Å²) in [4.78, 5) is 34.6. The summed E-state index contributed by atoms with van der Waals surface area (Å²) in [5.74, 6) is -0.0234. The SMILES string of the molecule is C=CC(=O)N1CCN(c2c(C#N)c(=O)n(-c3ccccc3C(C)C)c3cc(-c4cncc(N)c4)c(Cl)cc23)[C@@H](C)C1. The molecule has 1 amide bonds. The van der Waals surface area contributed by atoms with Gasteiger partial charge in [-0.1, -0.05) is 50.2 Å². The minimum absolute atomic E-state index is 0.0286. The number of fused-ring (bicyclic) bond motifs is 1. The second-order valence-corrected chi connectivity index (χ2v) is 11.0. The zero-order valence-electron chi connectivity index (χ0n) is 23.3. The molecule has 0 aliphatic carbocycles. The van der Waals surface area contributed by atoms with Crippen molar-refractivity contribution < 1.29 is 4.79 Å². The number of amides is 1. The van der Waals surface area contributed by atoms with E-state index in [0.29, 0.717) is 63.7 Å². The fourth-order valence-corrected chi connectivity index (χ4v) is 5.93. The fourth-order valence-electron chi connectivity index (χ4n) is 5.66. The van der Waals surface area contributed by atoms with E-state index in [2.05, 4.69) is 31.5 Å². The van der Waals surface area contributed by atoms with Crippen molar-refractivity contribution in [2.24, 2.45) is 0 Å². The molecule has 1 atom stereocenters. The minimum Gasteiger partial charge on any atom is -0.397 e. The normalized spacial score (nSPS) is 15.3. The first-order valence-corrected chi connectivity index (χ1v) is 13.8. The van der Waals surface area contributed by atoms with E-state index in [1.165, 1.54) is 6.08 Å². The third-order valence-electron chi connectivity index (χ3n) is 7.62. The highest BCUT2D eigenvalue weighted by atomic mass is 35.5. The van der Waals surface area contributed by atoms with Crippen molar-refractivity contribution in [3.63, 3.8) is 0 Å². The molecule has 5 rings (SSSR count). The van der Waals surface area contributed by atoms with E-state index in [9.17, 15) is 14.9 Å². The number of benzene rings is 2. The lowest BCUT2D eigenvalue weighted by Crippen LogP contribution is -2.54. The van der Waals surface area contributed by atoms with Gasteiger partial charge in [0, 0.05) is 59.6 Å². The van der Waals surface area contributed by atoms with E-state index in [1.54, 1.807) is 27.9 Å². The van der Waals surface area contributed by atoms with Crippen molar-refractivity contribution >= 4 is 39.8 Å². The van der Waals surface area contributed by atoms with Gasteiger partial charge in [0.15, 0.2) is 0 Å². The van der Waals surface area contributed by atoms with Crippen LogP contribution in [0.4, 0.5) is 11.4 Å². The number of aromatic nitrogens is 2. The molecule has 4 aromatic rings. The Balaban J connectivity index is 1.86. The highest BCUT2D eigenvalue weighted by Gasteiger charge is 2.31. The van der Waals surface area contributed by atoms with Crippen LogP contribution in [0.2, 0.25) is 5.02 Å². The first kappa shape index (κ1) is 27.9. The van der Waals surface area contributed by atoms with E-state index in [-0.39, 0.29) is 23.4 Å². The molecule has 2 aromatic carbocycles. The Morgan fingerprint density at radius 2 is 1.98 bits per heavy atom. The number of nitrogen functional groups attached to an aromatic ring is 1. The van der Waals surface area contributed by atoms with E-state index in [1.807, 2.05) is 48.2 Å². The molecular weight excluding hydrogens is 536 g/mol. The second-order valence-electron chi connectivity index (χ2n) is 10.6. The molecule has 0 radical (unpaired) electrons. The zero-order valence-corrected chi connectivity index (χ0v) is 24.0. The largest absolute Gasteiger partial charge is 0.397 e. The van der Waals surface area contributed by atoms with Crippen molar-refractivity contribution in [2.75, 3.05) is 30.3 Å². The van der Waals surface area contributed by atoms with Gasteiger partial charge >= 0.3 is 0 Å². The first-order valence-electron chi connectivity index (χ1n) is 13.5. The Morgan fingerprint density at radius 1 is 1.22 bits per heavy atom. The van der Waals surface area contributed by atoms with Gasteiger partial charge < -0.3 is 15.5 Å². The van der Waals surface area contributed by atoms with Crippen molar-refractivity contribution in [2.45, 2.75) is 32.7 Å². The molecule has 0 unspecified atom stereocenters. The van der Waals surface area contributed by atoms with E-state index < -0.39 is 5.56 Å². The van der Waals surface area contributed by atoms with Crippen LogP contribution in [0.3, 0.4) is 0 Å². The topological polar surface area (TPSA) is 108 Å². The van der Waals surface area contributed by atoms with Gasteiger partial charge in [0.25, 0.3) is 5.56 Å². The fraction of sp³-hybridized carbons (Fsp3) is 0.250. The maximum absolute atomic E-state index is 14.3. The predicted octanol–water partition coefficient (Wildman–Crippen LogP) is 5.51. The molecule has 9 heteroatoms. The van der Waals surface area contributed by atoms with Gasteiger partial charge in [0.2, 0.25) is 5.91 Å². The predicted molar refractivity (Wildman–Crippen MR) is 165 cm³/mol. The van der Waals surface area contributed by atoms with Crippen molar-refractivity contribution in [3.05, 3.63) is 94.0 Å². The molecule has 8 nitrogen and oxygen atoms in total. The summed E-state index contributed by atoms with van der Waals surface area (Å²) in [6.07, 6.45) is 4.54. The molecule has 41 heavy (non-hydrogen) atoms. The van der Waals surface area contributed by atoms with E-state index in [4.69, 9.17) is 17.3 Å². The van der Waals surface area contributed by atoms with Gasteiger partial charge in [-0.05, 0) is 48.7 Å². The molecule has 0 spiro atoms. The minimum atomic E-state index is -0.418. The third-order valence-corrected chi connectivity index (χ3v) is 7.93. The number of para-hydroxylation sites is 1. The van der Waals surface area contributed by atoms with Crippen molar-refractivity contribution in [1.82, 2.24) is 14.5 Å². The molecule has 3 heterocycles. The summed E-state index contributed by atoms with van der Waals surface area (Å²) >= 11 is 6.91. The van der Waals surface area contributed by atoms with Gasteiger partial charge in [0.1, 0.15) is 11.6 Å². The summed E-state index contributed by atoms with van der Waals surface area (Å²) in [6.45, 7) is 11.0. The number of rotatable bonds is 5. The number of carbonyl (C=O) groups excluding carboxylic acids is 1. The Bertz CT molecular complexity index is 1790. The van der Waals surface area contributed by atoms with E-state index in [0.717, 1.165) is 5.56 Å². The number of carbonyl (C=O) groups is 1. The Hall–Kier alpha value is -4.61. The lowest BCUT2D eigenvalue weighted by Gasteiger charge is -2.41. The lowest BCUT2D eigenvalue weighted by molar-refractivity contribution is -0.126. The van der Waals surface area contributed by atoms with Crippen molar-refractivity contribution in [3.8, 4) is 22.9 Å². The maximum Gasteiger partial charge on any atom is 0.275 e. The average molecular weight is 567 g/mol. The standard InChI is InChI=1S/C32H31ClN6O2/c1-5-30(40)37-10-11-38(20(4)18-37)31-25-13-27(33)24(21-12-22(35)17-36-16-21)14-29(25)39(32(41)26(31)15-34)28-9-7-6-8-23(28)19(2)3/h5-9,12-14,16-17,19-20H,1,10-11,18,35H2,2-4H3/t20-/m0/s1. The van der Waals surface area contributed by atoms with Crippen LogP contribution in [0.1, 0.15) is 37.8 Å². The van der Waals surface area contributed by atoms with Crippen LogP contribution in [0.5, 0.6) is 0 Å². The van der Waals surface area contributed by atoms with Crippen LogP contribution in [-0.2, 0) is 4.79 Å². The second kappa shape index (κ2) is 11.1. The average Bonchev–Trinajstić information content (AvgIpc) is 2.96. The quantitative estimate of drug-likeness (QED) is 0.319. The number of pyridine rings is 2. The summed E-state index contributed by atoms with van der Waals surface area (Å²) in [7, 11) is 0. The number of anilines is 2. The number of halogens is 1. The Kier molecular flexibility index (Phi) is 7.57. The lowest BCUT2D eigenvalue weighted by atomic mass is 9.97. The summed E-state index contributed by atoms with van der Waals surface area (Å²) in [5.41, 5.74) is 10.3.